The summed E-state index contributed by atoms with van der Waals surface area (Å²) in [5, 5.41) is 9.98. The molecule has 0 aliphatic carbocycles. The zero-order valence-electron chi connectivity index (χ0n) is 11.0. The van der Waals surface area contributed by atoms with E-state index in [1.807, 2.05) is 0 Å². The normalized spacial score (nSPS) is 13.4. The highest BCUT2D eigenvalue weighted by Gasteiger charge is 2.35. The Hall–Kier alpha value is -1.88. The van der Waals surface area contributed by atoms with Crippen LogP contribution in [0.5, 0.6) is 0 Å². The Morgan fingerprint density at radius 1 is 1.05 bits per heavy atom. The minimum atomic E-state index is -1.57. The van der Waals surface area contributed by atoms with Crippen molar-refractivity contribution < 1.29 is 24.2 Å². The summed E-state index contributed by atoms with van der Waals surface area (Å²) in [5.74, 6) is -2.54. The summed E-state index contributed by atoms with van der Waals surface area (Å²) in [4.78, 5) is 23.5. The van der Waals surface area contributed by atoms with E-state index in [-0.39, 0.29) is 13.2 Å². The number of aliphatic hydroxyl groups excluding tert-OH is 1. The second kappa shape index (κ2) is 7.53. The standard InChI is InChI=1S/C14H18O5/c1-3-18-13(16)11(10-8-6-5-7-9-10)12(15)14(17)19-4-2/h5-9,11-12,15H,3-4H2,1-2H3. The van der Waals surface area contributed by atoms with Gasteiger partial charge in [0.2, 0.25) is 0 Å². The lowest BCUT2D eigenvalue weighted by Crippen LogP contribution is -2.35. The van der Waals surface area contributed by atoms with Crippen LogP contribution in [-0.2, 0) is 19.1 Å². The van der Waals surface area contributed by atoms with Crippen molar-refractivity contribution >= 4 is 11.9 Å². The Balaban J connectivity index is 2.99. The Bertz CT molecular complexity index is 415. The monoisotopic (exact) mass is 266 g/mol. The van der Waals surface area contributed by atoms with Crippen molar-refractivity contribution in [3.63, 3.8) is 0 Å². The van der Waals surface area contributed by atoms with Crippen LogP contribution in [0.3, 0.4) is 0 Å². The van der Waals surface area contributed by atoms with Crippen molar-refractivity contribution in [2.45, 2.75) is 25.9 Å². The molecule has 0 saturated carbocycles. The number of hydrogen-bond donors (Lipinski definition) is 1. The molecule has 104 valence electrons. The zero-order chi connectivity index (χ0) is 14.3. The van der Waals surface area contributed by atoms with E-state index in [0.717, 1.165) is 0 Å². The number of carbonyl (C=O) groups excluding carboxylic acids is 2. The van der Waals surface area contributed by atoms with E-state index in [0.29, 0.717) is 5.56 Å². The fourth-order valence-corrected chi connectivity index (χ4v) is 1.70. The maximum atomic E-state index is 11.9. The van der Waals surface area contributed by atoms with E-state index >= 15 is 0 Å². The Morgan fingerprint density at radius 2 is 1.58 bits per heavy atom. The molecule has 0 radical (unpaired) electrons. The third-order valence-corrected chi connectivity index (χ3v) is 2.54. The van der Waals surface area contributed by atoms with E-state index in [2.05, 4.69) is 0 Å². The minimum absolute atomic E-state index is 0.139. The largest absolute Gasteiger partial charge is 0.465 e. The van der Waals surface area contributed by atoms with Crippen molar-refractivity contribution in [3.8, 4) is 0 Å². The molecule has 0 aliphatic rings. The summed E-state index contributed by atoms with van der Waals surface area (Å²) in [6.45, 7) is 3.61. The topological polar surface area (TPSA) is 72.8 Å². The molecule has 2 unspecified atom stereocenters. The molecule has 19 heavy (non-hydrogen) atoms. The first-order valence-corrected chi connectivity index (χ1v) is 6.18. The summed E-state index contributed by atoms with van der Waals surface area (Å²) >= 11 is 0. The number of aliphatic hydroxyl groups is 1. The molecule has 5 nitrogen and oxygen atoms in total. The third kappa shape index (κ3) is 4.06. The molecular formula is C14H18O5. The van der Waals surface area contributed by atoms with Crippen LogP contribution in [-0.4, -0.2) is 36.4 Å². The van der Waals surface area contributed by atoms with Crippen LogP contribution < -0.4 is 0 Å². The van der Waals surface area contributed by atoms with Crippen LogP contribution in [0.1, 0.15) is 25.3 Å². The second-order valence-electron chi connectivity index (χ2n) is 3.84. The molecule has 0 spiro atoms. The van der Waals surface area contributed by atoms with Gasteiger partial charge in [-0.2, -0.15) is 0 Å². The van der Waals surface area contributed by atoms with E-state index in [1.54, 1.807) is 44.2 Å². The molecule has 0 amide bonds. The Morgan fingerprint density at radius 3 is 2.11 bits per heavy atom. The first-order valence-electron chi connectivity index (χ1n) is 6.18. The number of esters is 2. The van der Waals surface area contributed by atoms with Gasteiger partial charge in [0.25, 0.3) is 0 Å². The lowest BCUT2D eigenvalue weighted by Gasteiger charge is -2.20. The van der Waals surface area contributed by atoms with Crippen LogP contribution in [0.25, 0.3) is 0 Å². The molecule has 1 N–H and O–H groups in total. The van der Waals surface area contributed by atoms with Gasteiger partial charge in [0.15, 0.2) is 6.10 Å². The van der Waals surface area contributed by atoms with Crippen molar-refractivity contribution in [3.05, 3.63) is 35.9 Å². The van der Waals surface area contributed by atoms with Crippen LogP contribution in [0.2, 0.25) is 0 Å². The Kier molecular flexibility index (Phi) is 6.02. The van der Waals surface area contributed by atoms with Gasteiger partial charge in [-0.15, -0.1) is 0 Å². The van der Waals surface area contributed by atoms with Gasteiger partial charge in [0.05, 0.1) is 13.2 Å². The maximum absolute atomic E-state index is 11.9. The number of hydrogen-bond acceptors (Lipinski definition) is 5. The van der Waals surface area contributed by atoms with Gasteiger partial charge >= 0.3 is 11.9 Å². The summed E-state index contributed by atoms with van der Waals surface area (Å²) in [6.07, 6.45) is -1.57. The smallest absolute Gasteiger partial charge is 0.336 e. The molecule has 1 aromatic rings. The van der Waals surface area contributed by atoms with Crippen LogP contribution >= 0.6 is 0 Å². The first kappa shape index (κ1) is 15.2. The summed E-state index contributed by atoms with van der Waals surface area (Å²) in [7, 11) is 0. The van der Waals surface area contributed by atoms with E-state index < -0.39 is 24.0 Å². The average molecular weight is 266 g/mol. The molecule has 1 aromatic carbocycles. The quantitative estimate of drug-likeness (QED) is 0.785. The van der Waals surface area contributed by atoms with Crippen LogP contribution in [0.15, 0.2) is 30.3 Å². The number of rotatable bonds is 6. The lowest BCUT2D eigenvalue weighted by atomic mass is 9.93. The van der Waals surface area contributed by atoms with Crippen LogP contribution in [0, 0.1) is 0 Å². The molecular weight excluding hydrogens is 248 g/mol. The van der Waals surface area contributed by atoms with Gasteiger partial charge in [-0.25, -0.2) is 4.79 Å². The number of benzene rings is 1. The molecule has 0 fully saturated rings. The van der Waals surface area contributed by atoms with Crippen molar-refractivity contribution in [1.29, 1.82) is 0 Å². The van der Waals surface area contributed by atoms with Crippen molar-refractivity contribution in [2.75, 3.05) is 13.2 Å². The van der Waals surface area contributed by atoms with Gasteiger partial charge in [0, 0.05) is 0 Å². The fraction of sp³-hybridized carbons (Fsp3) is 0.429. The van der Waals surface area contributed by atoms with E-state index in [1.165, 1.54) is 0 Å². The Labute approximate surface area is 112 Å². The summed E-state index contributed by atoms with van der Waals surface area (Å²) < 4.78 is 9.64. The third-order valence-electron chi connectivity index (χ3n) is 2.54. The second-order valence-corrected chi connectivity index (χ2v) is 3.84. The molecule has 0 saturated heterocycles. The predicted molar refractivity (Wildman–Crippen MR) is 68.5 cm³/mol. The minimum Gasteiger partial charge on any atom is -0.465 e. The average Bonchev–Trinajstić information content (AvgIpc) is 2.40. The molecule has 0 aliphatic heterocycles. The highest BCUT2D eigenvalue weighted by Crippen LogP contribution is 2.22. The lowest BCUT2D eigenvalue weighted by molar-refractivity contribution is -0.162. The highest BCUT2D eigenvalue weighted by molar-refractivity contribution is 5.87. The molecule has 5 heteroatoms. The predicted octanol–water partition coefficient (Wildman–Crippen LogP) is 1.26. The number of carbonyl (C=O) groups is 2. The first-order chi connectivity index (χ1) is 9.11. The summed E-state index contributed by atoms with van der Waals surface area (Å²) in [6, 6.07) is 8.54. The van der Waals surface area contributed by atoms with Crippen molar-refractivity contribution in [2.24, 2.45) is 0 Å². The molecule has 0 bridgehead atoms. The SMILES string of the molecule is CCOC(=O)C(O)C(C(=O)OCC)c1ccccc1. The molecule has 1 rings (SSSR count). The summed E-state index contributed by atoms with van der Waals surface area (Å²) in [5.41, 5.74) is 0.515. The number of ether oxygens (including phenoxy) is 2. The molecule has 2 atom stereocenters. The van der Waals surface area contributed by atoms with Gasteiger partial charge in [-0.05, 0) is 19.4 Å². The van der Waals surface area contributed by atoms with Gasteiger partial charge < -0.3 is 14.6 Å². The maximum Gasteiger partial charge on any atom is 0.336 e. The molecule has 0 heterocycles. The fourth-order valence-electron chi connectivity index (χ4n) is 1.70. The van der Waals surface area contributed by atoms with Gasteiger partial charge in [0.1, 0.15) is 5.92 Å². The van der Waals surface area contributed by atoms with Crippen LogP contribution in [0.4, 0.5) is 0 Å². The van der Waals surface area contributed by atoms with Crippen molar-refractivity contribution in [1.82, 2.24) is 0 Å². The van der Waals surface area contributed by atoms with E-state index in [4.69, 9.17) is 9.47 Å². The molecule has 0 aromatic heterocycles. The van der Waals surface area contributed by atoms with Gasteiger partial charge in [-0.1, -0.05) is 30.3 Å². The zero-order valence-corrected chi connectivity index (χ0v) is 11.0. The van der Waals surface area contributed by atoms with E-state index in [9.17, 15) is 14.7 Å². The van der Waals surface area contributed by atoms with Gasteiger partial charge in [-0.3, -0.25) is 4.79 Å². The highest BCUT2D eigenvalue weighted by atomic mass is 16.6.